The molecule has 0 aliphatic heterocycles. The molecule has 0 unspecified atom stereocenters. The van der Waals surface area contributed by atoms with E-state index in [0.717, 1.165) is 11.3 Å². The molecule has 0 atom stereocenters. The Morgan fingerprint density at radius 3 is 2.24 bits per heavy atom. The molecule has 106 valence electrons. The molecule has 4 heteroatoms. The summed E-state index contributed by atoms with van der Waals surface area (Å²) in [6.45, 7) is 2.67. The fraction of sp³-hybridized carbons (Fsp3) is 0.0588. The normalized spacial score (nSPS) is 9.38. The number of carbonyl (C=O) groups is 1. The molecule has 0 heterocycles. The Hall–Kier alpha value is -2.97. The van der Waals surface area contributed by atoms with Gasteiger partial charge in [-0.05, 0) is 35.9 Å². The number of methoxy groups -OCH3 is 1. The lowest BCUT2D eigenvalue weighted by Crippen LogP contribution is -1.94. The second-order valence-corrected chi connectivity index (χ2v) is 3.98. The Balaban J connectivity index is 0.000000677. The number of ether oxygens (including phenoxy) is 1. The largest absolute Gasteiger partial charge is 0.497 e. The van der Waals surface area contributed by atoms with Crippen molar-refractivity contribution in [3.63, 3.8) is 0 Å². The predicted octanol–water partition coefficient (Wildman–Crippen LogP) is 3.51. The van der Waals surface area contributed by atoms with Crippen molar-refractivity contribution in [3.05, 3.63) is 77.3 Å². The average Bonchev–Trinajstić information content (AvgIpc) is 2.54. The molecule has 0 N–H and O–H groups in total. The Bertz CT molecular complexity index is 626. The Morgan fingerprint density at radius 2 is 1.71 bits per heavy atom. The molecule has 0 aromatic heterocycles. The molecule has 2 rings (SSSR count). The fourth-order valence-corrected chi connectivity index (χ4v) is 1.59. The Morgan fingerprint density at radius 1 is 1.14 bits per heavy atom. The zero-order chi connectivity index (χ0) is 15.5. The van der Waals surface area contributed by atoms with Crippen LogP contribution in [-0.2, 0) is 0 Å². The molecule has 0 spiro atoms. The van der Waals surface area contributed by atoms with E-state index in [1.165, 1.54) is 0 Å². The van der Waals surface area contributed by atoms with Crippen LogP contribution < -0.4 is 4.74 Å². The molecule has 2 aromatic rings. The molecule has 0 saturated heterocycles. The van der Waals surface area contributed by atoms with Crippen LogP contribution in [0.2, 0.25) is 0 Å². The summed E-state index contributed by atoms with van der Waals surface area (Å²) in [6.07, 6.45) is 3.39. The van der Waals surface area contributed by atoms with Crippen molar-refractivity contribution in [3.8, 4) is 5.75 Å². The minimum absolute atomic E-state index is 0.0125. The van der Waals surface area contributed by atoms with E-state index in [1.807, 2.05) is 36.4 Å². The molecule has 4 nitrogen and oxygen atoms in total. The second-order valence-electron chi connectivity index (χ2n) is 3.98. The van der Waals surface area contributed by atoms with Crippen LogP contribution in [0.1, 0.15) is 15.9 Å². The summed E-state index contributed by atoms with van der Waals surface area (Å²) in [7, 11) is 1.60. The van der Waals surface area contributed by atoms with Crippen LogP contribution in [0.5, 0.6) is 5.75 Å². The molecule has 0 saturated carbocycles. The van der Waals surface area contributed by atoms with E-state index in [4.69, 9.17) is 10.3 Å². The van der Waals surface area contributed by atoms with Gasteiger partial charge >= 0.3 is 0 Å². The number of benzene rings is 2. The molecule has 0 aliphatic rings. The first kappa shape index (κ1) is 16.1. The number of rotatable bonds is 4. The van der Waals surface area contributed by atoms with Crippen molar-refractivity contribution in [2.45, 2.75) is 0 Å². The third-order valence-corrected chi connectivity index (χ3v) is 2.60. The maximum Gasteiger partial charge on any atom is 0.245 e. The van der Waals surface area contributed by atoms with Gasteiger partial charge in [-0.2, -0.15) is 4.79 Å². The van der Waals surface area contributed by atoms with Crippen molar-refractivity contribution in [2.24, 2.45) is 0 Å². The summed E-state index contributed by atoms with van der Waals surface area (Å²) < 4.78 is 5.05. The zero-order valence-corrected chi connectivity index (χ0v) is 11.8. The van der Waals surface area contributed by atoms with E-state index in [0.29, 0.717) is 5.56 Å². The third-order valence-electron chi connectivity index (χ3n) is 2.60. The smallest absolute Gasteiger partial charge is 0.245 e. The summed E-state index contributed by atoms with van der Waals surface area (Å²) >= 11 is 0. The first-order valence-electron chi connectivity index (χ1n) is 6.23. The van der Waals surface area contributed by atoms with Crippen molar-refractivity contribution in [1.29, 1.82) is 0 Å². The van der Waals surface area contributed by atoms with Gasteiger partial charge in [0.1, 0.15) is 5.75 Å². The summed E-state index contributed by atoms with van der Waals surface area (Å²) in [5.74, 6) is 0.736. The second kappa shape index (κ2) is 9.02. The summed E-state index contributed by atoms with van der Waals surface area (Å²) in [5, 5.41) is 0. The first-order valence-corrected chi connectivity index (χ1v) is 6.23. The van der Waals surface area contributed by atoms with Gasteiger partial charge in [0.25, 0.3) is 0 Å². The summed E-state index contributed by atoms with van der Waals surface area (Å²) in [6, 6.07) is 16.8. The van der Waals surface area contributed by atoms with Crippen molar-refractivity contribution in [2.75, 3.05) is 7.11 Å². The van der Waals surface area contributed by atoms with Crippen LogP contribution in [0, 0.1) is 0 Å². The highest BCUT2D eigenvalue weighted by Crippen LogP contribution is 2.12. The molecular weight excluding hydrogens is 264 g/mol. The average molecular weight is 280 g/mol. The Labute approximate surface area is 123 Å². The molecule has 0 fully saturated rings. The highest BCUT2D eigenvalue weighted by atomic mass is 16.5. The van der Waals surface area contributed by atoms with Crippen LogP contribution >= 0.6 is 0 Å². The van der Waals surface area contributed by atoms with E-state index in [1.54, 1.807) is 37.5 Å². The van der Waals surface area contributed by atoms with Crippen molar-refractivity contribution in [1.82, 2.24) is 0 Å². The number of nitrogens with zero attached hydrogens (tertiary/aromatic N) is 2. The van der Waals surface area contributed by atoms with Crippen LogP contribution in [0.15, 0.2) is 60.7 Å². The van der Waals surface area contributed by atoms with E-state index >= 15 is 0 Å². The van der Waals surface area contributed by atoms with Gasteiger partial charge < -0.3 is 10.3 Å². The van der Waals surface area contributed by atoms with E-state index in [2.05, 4.69) is 11.5 Å². The molecule has 21 heavy (non-hydrogen) atoms. The molecule has 0 aliphatic carbocycles. The lowest BCUT2D eigenvalue weighted by atomic mass is 10.1. The van der Waals surface area contributed by atoms with Gasteiger partial charge in [-0.3, -0.25) is 4.79 Å². The molecule has 0 amide bonds. The van der Waals surface area contributed by atoms with Crippen LogP contribution in [0.4, 0.5) is 0 Å². The monoisotopic (exact) mass is 280 g/mol. The third kappa shape index (κ3) is 5.68. The van der Waals surface area contributed by atoms with Gasteiger partial charge in [0.15, 0.2) is 5.78 Å². The van der Waals surface area contributed by atoms with Gasteiger partial charge in [-0.1, -0.05) is 36.4 Å². The SMILES string of the molecule is C=[N+]=[N-].COc1ccc(C(=O)C=Cc2ccccc2)cc1. The van der Waals surface area contributed by atoms with E-state index in [9.17, 15) is 4.79 Å². The van der Waals surface area contributed by atoms with Gasteiger partial charge in [0.2, 0.25) is 6.72 Å². The summed E-state index contributed by atoms with van der Waals surface area (Å²) in [5.41, 5.74) is 8.75. The van der Waals surface area contributed by atoms with Gasteiger partial charge in [0.05, 0.1) is 7.11 Å². The highest BCUT2D eigenvalue weighted by molar-refractivity contribution is 6.06. The topological polar surface area (TPSA) is 62.7 Å². The predicted molar refractivity (Wildman–Crippen MR) is 83.5 cm³/mol. The number of hydrogen-bond acceptors (Lipinski definition) is 2. The molecular formula is C17H16N2O2. The highest BCUT2D eigenvalue weighted by Gasteiger charge is 2.01. The lowest BCUT2D eigenvalue weighted by molar-refractivity contribution is 0.0110. The zero-order valence-electron chi connectivity index (χ0n) is 11.8. The lowest BCUT2D eigenvalue weighted by Gasteiger charge is -2.00. The number of carbonyl (C=O) groups excluding carboxylic acids is 1. The number of allylic oxidation sites excluding steroid dienone is 1. The maximum atomic E-state index is 11.9. The van der Waals surface area contributed by atoms with Crippen molar-refractivity contribution >= 4 is 18.6 Å². The standard InChI is InChI=1S/C16H14O2.CH2N2/c1-18-15-10-8-14(9-11-15)16(17)12-7-13-5-3-2-4-6-13;1-3-2/h2-12H,1H3;1H2. The minimum atomic E-state index is -0.0125. The van der Waals surface area contributed by atoms with E-state index < -0.39 is 0 Å². The minimum Gasteiger partial charge on any atom is -0.497 e. The van der Waals surface area contributed by atoms with E-state index in [-0.39, 0.29) is 5.78 Å². The Kier molecular flexibility index (Phi) is 6.91. The quantitative estimate of drug-likeness (QED) is 0.283. The first-order chi connectivity index (χ1) is 10.2. The fourth-order valence-electron chi connectivity index (χ4n) is 1.59. The van der Waals surface area contributed by atoms with Crippen molar-refractivity contribution < 1.29 is 14.3 Å². The maximum absolute atomic E-state index is 11.9. The van der Waals surface area contributed by atoms with Gasteiger partial charge in [-0.25, -0.2) is 0 Å². The number of ketones is 1. The van der Waals surface area contributed by atoms with Gasteiger partial charge in [0, 0.05) is 5.56 Å². The van der Waals surface area contributed by atoms with Crippen LogP contribution in [0.3, 0.4) is 0 Å². The van der Waals surface area contributed by atoms with Crippen LogP contribution in [-0.4, -0.2) is 24.4 Å². The van der Waals surface area contributed by atoms with Crippen LogP contribution in [0.25, 0.3) is 11.6 Å². The molecule has 0 bridgehead atoms. The molecule has 2 aromatic carbocycles. The number of hydrogen-bond donors (Lipinski definition) is 0. The summed E-state index contributed by atoms with van der Waals surface area (Å²) in [4.78, 5) is 14.1. The molecule has 0 radical (unpaired) electrons. The van der Waals surface area contributed by atoms with Gasteiger partial charge in [-0.15, -0.1) is 0 Å².